The SMILES string of the molecule is Cc1cnc([C@H]2OCCC[C@@H]2S(=O)O)nc1. The summed E-state index contributed by atoms with van der Waals surface area (Å²) in [5.41, 5.74) is 0.959. The first kappa shape index (κ1) is 11.6. The number of ether oxygens (including phenoxy) is 1. The molecule has 1 aromatic rings. The summed E-state index contributed by atoms with van der Waals surface area (Å²) < 4.78 is 25.9. The summed E-state index contributed by atoms with van der Waals surface area (Å²) in [6, 6.07) is 0. The summed E-state index contributed by atoms with van der Waals surface area (Å²) in [5.74, 6) is 0.498. The predicted octanol–water partition coefficient (Wildman–Crippen LogP) is 1.23. The molecule has 0 bridgehead atoms. The Bertz CT molecular complexity index is 382. The molecule has 1 unspecified atom stereocenters. The van der Waals surface area contributed by atoms with E-state index >= 15 is 0 Å². The minimum atomic E-state index is -1.89. The number of nitrogens with zero attached hydrogens (tertiary/aromatic N) is 2. The number of hydrogen-bond donors (Lipinski definition) is 1. The Kier molecular flexibility index (Phi) is 3.63. The average molecular weight is 242 g/mol. The van der Waals surface area contributed by atoms with Gasteiger partial charge in [0.05, 0.1) is 5.25 Å². The summed E-state index contributed by atoms with van der Waals surface area (Å²) in [6.45, 7) is 2.49. The fourth-order valence-corrected chi connectivity index (χ4v) is 2.53. The molecule has 1 aromatic heterocycles. The van der Waals surface area contributed by atoms with Crippen LogP contribution >= 0.6 is 0 Å². The van der Waals surface area contributed by atoms with Gasteiger partial charge in [0.2, 0.25) is 0 Å². The van der Waals surface area contributed by atoms with Gasteiger partial charge >= 0.3 is 0 Å². The lowest BCUT2D eigenvalue weighted by atomic mass is 10.1. The lowest BCUT2D eigenvalue weighted by Crippen LogP contribution is -2.32. The van der Waals surface area contributed by atoms with Gasteiger partial charge in [-0.3, -0.25) is 0 Å². The first-order valence-electron chi connectivity index (χ1n) is 5.18. The summed E-state index contributed by atoms with van der Waals surface area (Å²) in [4.78, 5) is 8.31. The molecule has 1 fully saturated rings. The van der Waals surface area contributed by atoms with Crippen LogP contribution in [0.4, 0.5) is 0 Å². The quantitative estimate of drug-likeness (QED) is 0.790. The van der Waals surface area contributed by atoms with E-state index in [1.165, 1.54) is 0 Å². The van der Waals surface area contributed by atoms with Crippen LogP contribution in [0.1, 0.15) is 30.3 Å². The molecule has 88 valence electrons. The van der Waals surface area contributed by atoms with E-state index in [-0.39, 0.29) is 0 Å². The highest BCUT2D eigenvalue weighted by molar-refractivity contribution is 7.79. The highest BCUT2D eigenvalue weighted by atomic mass is 32.2. The predicted molar refractivity (Wildman–Crippen MR) is 59.3 cm³/mol. The molecule has 2 rings (SSSR count). The maximum atomic E-state index is 11.2. The van der Waals surface area contributed by atoms with Gasteiger partial charge < -0.3 is 9.29 Å². The Hall–Kier alpha value is -0.850. The minimum absolute atomic E-state index is 0.420. The first-order chi connectivity index (χ1) is 7.68. The zero-order valence-corrected chi connectivity index (χ0v) is 9.81. The zero-order chi connectivity index (χ0) is 11.5. The van der Waals surface area contributed by atoms with Crippen LogP contribution in [0.5, 0.6) is 0 Å². The van der Waals surface area contributed by atoms with Crippen LogP contribution in [0.3, 0.4) is 0 Å². The van der Waals surface area contributed by atoms with Gasteiger partial charge in [0, 0.05) is 19.0 Å². The Morgan fingerprint density at radius 3 is 2.81 bits per heavy atom. The van der Waals surface area contributed by atoms with Crippen LogP contribution in [0.15, 0.2) is 12.4 Å². The normalized spacial score (nSPS) is 27.6. The number of rotatable bonds is 2. The fourth-order valence-electron chi connectivity index (χ4n) is 1.75. The second-order valence-corrected chi connectivity index (χ2v) is 5.02. The third-order valence-electron chi connectivity index (χ3n) is 2.58. The molecule has 0 spiro atoms. The van der Waals surface area contributed by atoms with Crippen LogP contribution in [-0.2, 0) is 15.8 Å². The van der Waals surface area contributed by atoms with E-state index in [0.29, 0.717) is 18.9 Å². The molecule has 6 heteroatoms. The van der Waals surface area contributed by atoms with Gasteiger partial charge in [-0.1, -0.05) is 0 Å². The molecule has 3 atom stereocenters. The highest BCUT2D eigenvalue weighted by Crippen LogP contribution is 2.29. The smallest absolute Gasteiger partial charge is 0.159 e. The topological polar surface area (TPSA) is 72.3 Å². The Balaban J connectivity index is 2.23. The monoisotopic (exact) mass is 242 g/mol. The van der Waals surface area contributed by atoms with Crippen molar-refractivity contribution >= 4 is 11.1 Å². The van der Waals surface area contributed by atoms with Crippen molar-refractivity contribution in [2.45, 2.75) is 31.1 Å². The van der Waals surface area contributed by atoms with Gasteiger partial charge in [-0.05, 0) is 25.3 Å². The summed E-state index contributed by atoms with van der Waals surface area (Å²) in [5, 5.41) is -0.420. The number of hydrogen-bond acceptors (Lipinski definition) is 4. The van der Waals surface area contributed by atoms with Crippen molar-refractivity contribution in [3.8, 4) is 0 Å². The lowest BCUT2D eigenvalue weighted by molar-refractivity contribution is 0.0122. The lowest BCUT2D eigenvalue weighted by Gasteiger charge is -2.27. The van der Waals surface area contributed by atoms with Crippen molar-refractivity contribution in [1.29, 1.82) is 0 Å². The van der Waals surface area contributed by atoms with E-state index < -0.39 is 22.4 Å². The molecule has 2 heterocycles. The van der Waals surface area contributed by atoms with Crippen LogP contribution in [0, 0.1) is 6.92 Å². The molecule has 0 radical (unpaired) electrons. The van der Waals surface area contributed by atoms with E-state index in [2.05, 4.69) is 9.97 Å². The number of aryl methyl sites for hydroxylation is 1. The third kappa shape index (κ3) is 2.45. The molecule has 1 aliphatic rings. The van der Waals surface area contributed by atoms with Crippen molar-refractivity contribution in [2.75, 3.05) is 6.61 Å². The minimum Gasteiger partial charge on any atom is -0.369 e. The van der Waals surface area contributed by atoms with E-state index in [9.17, 15) is 8.76 Å². The average Bonchev–Trinajstić information content (AvgIpc) is 2.30. The molecule has 1 N–H and O–H groups in total. The summed E-state index contributed by atoms with van der Waals surface area (Å²) in [7, 11) is 0. The van der Waals surface area contributed by atoms with Gasteiger partial charge in [0.1, 0.15) is 6.10 Å². The van der Waals surface area contributed by atoms with Crippen LogP contribution in [0.25, 0.3) is 0 Å². The molecule has 5 nitrogen and oxygen atoms in total. The van der Waals surface area contributed by atoms with Crippen LogP contribution < -0.4 is 0 Å². The maximum Gasteiger partial charge on any atom is 0.159 e. The molecular weight excluding hydrogens is 228 g/mol. The van der Waals surface area contributed by atoms with Crippen LogP contribution in [-0.4, -0.2) is 30.6 Å². The van der Waals surface area contributed by atoms with Gasteiger partial charge in [0.25, 0.3) is 0 Å². The van der Waals surface area contributed by atoms with E-state index in [1.54, 1.807) is 12.4 Å². The molecule has 0 amide bonds. The van der Waals surface area contributed by atoms with Crippen molar-refractivity contribution in [3.05, 3.63) is 23.8 Å². The van der Waals surface area contributed by atoms with Gasteiger partial charge in [-0.2, -0.15) is 0 Å². The summed E-state index contributed by atoms with van der Waals surface area (Å²) >= 11 is -1.89. The third-order valence-corrected chi connectivity index (χ3v) is 3.58. The molecule has 0 aromatic carbocycles. The summed E-state index contributed by atoms with van der Waals surface area (Å²) in [6.07, 6.45) is 4.40. The second-order valence-electron chi connectivity index (χ2n) is 3.87. The Morgan fingerprint density at radius 1 is 1.50 bits per heavy atom. The van der Waals surface area contributed by atoms with Crippen LogP contribution in [0.2, 0.25) is 0 Å². The molecule has 16 heavy (non-hydrogen) atoms. The van der Waals surface area contributed by atoms with Crippen molar-refractivity contribution < 1.29 is 13.5 Å². The van der Waals surface area contributed by atoms with E-state index in [1.807, 2.05) is 6.92 Å². The number of aromatic nitrogens is 2. The van der Waals surface area contributed by atoms with Crippen molar-refractivity contribution in [1.82, 2.24) is 9.97 Å². The van der Waals surface area contributed by atoms with Gasteiger partial charge in [-0.15, -0.1) is 0 Å². The molecule has 1 saturated heterocycles. The van der Waals surface area contributed by atoms with Gasteiger partial charge in [-0.25, -0.2) is 14.2 Å². The fraction of sp³-hybridized carbons (Fsp3) is 0.600. The zero-order valence-electron chi connectivity index (χ0n) is 9.00. The Morgan fingerprint density at radius 2 is 2.19 bits per heavy atom. The van der Waals surface area contributed by atoms with E-state index in [0.717, 1.165) is 12.0 Å². The highest BCUT2D eigenvalue weighted by Gasteiger charge is 2.33. The maximum absolute atomic E-state index is 11.2. The standard InChI is InChI=1S/C10H14N2O3S/c1-7-5-11-10(12-6-7)9-8(16(13)14)3-2-4-15-9/h5-6,8-9H,2-4H2,1H3,(H,13,14)/t8-,9-/m0/s1. The molecule has 0 saturated carbocycles. The van der Waals surface area contributed by atoms with Crippen molar-refractivity contribution in [2.24, 2.45) is 0 Å². The molecular formula is C10H14N2O3S. The first-order valence-corrected chi connectivity index (χ1v) is 6.35. The Labute approximate surface area is 96.5 Å². The van der Waals surface area contributed by atoms with Crippen molar-refractivity contribution in [3.63, 3.8) is 0 Å². The largest absolute Gasteiger partial charge is 0.369 e. The molecule has 0 aliphatic carbocycles. The second kappa shape index (κ2) is 4.99. The molecule has 1 aliphatic heterocycles. The van der Waals surface area contributed by atoms with Gasteiger partial charge in [0.15, 0.2) is 16.9 Å². The van der Waals surface area contributed by atoms with E-state index in [4.69, 9.17) is 4.74 Å².